The van der Waals surface area contributed by atoms with E-state index in [1.54, 1.807) is 10.5 Å². The molecule has 0 saturated heterocycles. The maximum Gasteiger partial charge on any atom is 0.258 e. The first-order valence-corrected chi connectivity index (χ1v) is 9.14. The molecule has 2 heterocycles. The summed E-state index contributed by atoms with van der Waals surface area (Å²) in [6.07, 6.45) is 1.25. The molecule has 3 aromatic rings. The average Bonchev–Trinajstić information content (AvgIpc) is 3.31. The molecule has 7 heteroatoms. The lowest BCUT2D eigenvalue weighted by Crippen LogP contribution is -2.17. The summed E-state index contributed by atoms with van der Waals surface area (Å²) >= 11 is 1.47. The molecule has 1 fully saturated rings. The molecule has 1 N–H and O–H groups in total. The van der Waals surface area contributed by atoms with E-state index < -0.39 is 5.82 Å². The number of halogens is 1. The van der Waals surface area contributed by atoms with Crippen LogP contribution < -0.4 is 5.56 Å². The highest BCUT2D eigenvalue weighted by Gasteiger charge is 2.41. The molecular weight excluding hydrogens is 353 g/mol. The third-order valence-corrected chi connectivity index (χ3v) is 5.80. The predicted octanol–water partition coefficient (Wildman–Crippen LogP) is 2.76. The van der Waals surface area contributed by atoms with Crippen molar-refractivity contribution in [1.82, 2.24) is 9.38 Å². The van der Waals surface area contributed by atoms with Gasteiger partial charge in [0.1, 0.15) is 11.9 Å². The summed E-state index contributed by atoms with van der Waals surface area (Å²) in [6.45, 7) is 2.10. The number of aliphatic hydroxyl groups excluding tert-OH is 1. The van der Waals surface area contributed by atoms with E-state index in [1.165, 1.54) is 29.5 Å². The Morgan fingerprint density at radius 3 is 2.96 bits per heavy atom. The van der Waals surface area contributed by atoms with Gasteiger partial charge in [-0.05, 0) is 37.0 Å². The minimum Gasteiger partial charge on any atom is -0.396 e. The van der Waals surface area contributed by atoms with Crippen molar-refractivity contribution in [3.05, 3.63) is 67.8 Å². The van der Waals surface area contributed by atoms with Gasteiger partial charge < -0.3 is 5.11 Å². The number of rotatable bonds is 4. The van der Waals surface area contributed by atoms with Crippen LogP contribution in [0.3, 0.4) is 0 Å². The van der Waals surface area contributed by atoms with Gasteiger partial charge in [-0.3, -0.25) is 9.20 Å². The molecule has 0 aliphatic heterocycles. The molecule has 2 aromatic heterocycles. The minimum atomic E-state index is -0.555. The van der Waals surface area contributed by atoms with Crippen molar-refractivity contribution in [1.29, 1.82) is 5.26 Å². The Balaban J connectivity index is 1.73. The lowest BCUT2D eigenvalue weighted by molar-refractivity contribution is 0.273. The van der Waals surface area contributed by atoms with E-state index in [0.717, 1.165) is 22.6 Å². The molecule has 2 atom stereocenters. The second-order valence-corrected chi connectivity index (χ2v) is 7.82. The zero-order chi connectivity index (χ0) is 18.4. The van der Waals surface area contributed by atoms with E-state index in [4.69, 9.17) is 5.26 Å². The monoisotopic (exact) mass is 369 g/mol. The lowest BCUT2D eigenvalue weighted by atomic mass is 10.1. The van der Waals surface area contributed by atoms with Crippen molar-refractivity contribution in [3.8, 4) is 6.07 Å². The van der Waals surface area contributed by atoms with Crippen LogP contribution in [-0.4, -0.2) is 21.1 Å². The molecule has 1 aliphatic rings. The largest absolute Gasteiger partial charge is 0.396 e. The molecule has 1 saturated carbocycles. The fourth-order valence-electron chi connectivity index (χ4n) is 3.42. The Kier molecular flexibility index (Phi) is 4.10. The first kappa shape index (κ1) is 16.9. The number of nitriles is 1. The molecule has 1 aromatic carbocycles. The van der Waals surface area contributed by atoms with Crippen LogP contribution in [0.2, 0.25) is 0 Å². The van der Waals surface area contributed by atoms with Gasteiger partial charge >= 0.3 is 0 Å². The summed E-state index contributed by atoms with van der Waals surface area (Å²) < 4.78 is 15.1. The lowest BCUT2D eigenvalue weighted by Gasteiger charge is -2.05. The molecule has 0 spiro atoms. The van der Waals surface area contributed by atoms with Gasteiger partial charge in [0.15, 0.2) is 4.96 Å². The summed E-state index contributed by atoms with van der Waals surface area (Å²) in [5, 5.41) is 18.3. The van der Waals surface area contributed by atoms with Gasteiger partial charge in [0.25, 0.3) is 5.56 Å². The Bertz CT molecular complexity index is 1110. The smallest absolute Gasteiger partial charge is 0.258 e. The van der Waals surface area contributed by atoms with Crippen LogP contribution in [-0.2, 0) is 6.42 Å². The quantitative estimate of drug-likeness (QED) is 0.767. The van der Waals surface area contributed by atoms with Gasteiger partial charge in [0.05, 0.1) is 11.3 Å². The van der Waals surface area contributed by atoms with Crippen LogP contribution in [0.15, 0.2) is 29.1 Å². The summed E-state index contributed by atoms with van der Waals surface area (Å²) in [5.41, 5.74) is 2.12. The molecule has 0 radical (unpaired) electrons. The molecule has 26 heavy (non-hydrogen) atoms. The minimum absolute atomic E-state index is 0.0154. The van der Waals surface area contributed by atoms with Gasteiger partial charge in [-0.25, -0.2) is 9.37 Å². The van der Waals surface area contributed by atoms with Gasteiger partial charge in [-0.2, -0.15) is 5.26 Å². The third-order valence-electron chi connectivity index (χ3n) is 4.83. The highest BCUT2D eigenvalue weighted by molar-refractivity contribution is 7.17. The summed E-state index contributed by atoms with van der Waals surface area (Å²) in [7, 11) is 0. The Labute approximate surface area is 153 Å². The normalized spacial score (nSPS) is 18.8. The van der Waals surface area contributed by atoms with Crippen LogP contribution in [0.1, 0.15) is 39.7 Å². The zero-order valence-electron chi connectivity index (χ0n) is 14.1. The Hall–Kier alpha value is -2.56. The standard InChI is InChI=1S/C19H16FN3O2S/c1-10-18(15-6-13(15)9-24)23-17(25)7-14(22-19(23)26-10)5-11-2-3-16(20)12(4-11)8-21/h2-4,7,13,15,24H,5-6,9H2,1H3. The van der Waals surface area contributed by atoms with Crippen LogP contribution in [0, 0.1) is 30.0 Å². The number of hydrogen-bond donors (Lipinski definition) is 1. The van der Waals surface area contributed by atoms with E-state index in [9.17, 15) is 14.3 Å². The topological polar surface area (TPSA) is 78.4 Å². The number of aryl methyl sites for hydroxylation is 1. The second-order valence-electron chi connectivity index (χ2n) is 6.63. The van der Waals surface area contributed by atoms with Gasteiger partial charge in [0, 0.05) is 35.6 Å². The fraction of sp³-hybridized carbons (Fsp3) is 0.316. The maximum atomic E-state index is 13.5. The van der Waals surface area contributed by atoms with Crippen LogP contribution in [0.5, 0.6) is 0 Å². The number of aromatic nitrogens is 2. The second kappa shape index (κ2) is 6.31. The third kappa shape index (κ3) is 2.81. The van der Waals surface area contributed by atoms with E-state index >= 15 is 0 Å². The van der Waals surface area contributed by atoms with Crippen molar-refractivity contribution in [2.24, 2.45) is 5.92 Å². The Morgan fingerprint density at radius 2 is 2.27 bits per heavy atom. The molecular formula is C19H16FN3O2S. The average molecular weight is 369 g/mol. The molecule has 0 amide bonds. The summed E-state index contributed by atoms with van der Waals surface area (Å²) in [5.74, 6) is -0.114. The molecule has 1 aliphatic carbocycles. The van der Waals surface area contributed by atoms with Gasteiger partial charge in [-0.1, -0.05) is 6.07 Å². The van der Waals surface area contributed by atoms with Crippen molar-refractivity contribution in [2.75, 3.05) is 6.61 Å². The van der Waals surface area contributed by atoms with Crippen LogP contribution in [0.4, 0.5) is 4.39 Å². The number of benzene rings is 1. The maximum absolute atomic E-state index is 13.5. The number of hydrogen-bond acceptors (Lipinski definition) is 5. The fourth-order valence-corrected chi connectivity index (χ4v) is 4.49. The number of fused-ring (bicyclic) bond motifs is 1. The van der Waals surface area contributed by atoms with Crippen molar-refractivity contribution >= 4 is 16.3 Å². The van der Waals surface area contributed by atoms with Gasteiger partial charge in [0.2, 0.25) is 0 Å². The predicted molar refractivity (Wildman–Crippen MR) is 95.9 cm³/mol. The number of nitrogens with zero attached hydrogens (tertiary/aromatic N) is 3. The highest BCUT2D eigenvalue weighted by atomic mass is 32.1. The highest BCUT2D eigenvalue weighted by Crippen LogP contribution is 2.49. The van der Waals surface area contributed by atoms with E-state index in [1.807, 2.05) is 13.0 Å². The summed E-state index contributed by atoms with van der Waals surface area (Å²) in [4.78, 5) is 19.0. The van der Waals surface area contributed by atoms with E-state index in [0.29, 0.717) is 17.1 Å². The number of aliphatic hydroxyl groups is 1. The first-order chi connectivity index (χ1) is 12.5. The van der Waals surface area contributed by atoms with E-state index in [2.05, 4.69) is 4.98 Å². The molecule has 5 nitrogen and oxygen atoms in total. The van der Waals surface area contributed by atoms with E-state index in [-0.39, 0.29) is 29.6 Å². The molecule has 4 rings (SSSR count). The van der Waals surface area contributed by atoms with Crippen molar-refractivity contribution < 1.29 is 9.50 Å². The molecule has 2 unspecified atom stereocenters. The zero-order valence-corrected chi connectivity index (χ0v) is 14.9. The Morgan fingerprint density at radius 1 is 1.46 bits per heavy atom. The van der Waals surface area contributed by atoms with Crippen molar-refractivity contribution in [3.63, 3.8) is 0 Å². The first-order valence-electron chi connectivity index (χ1n) is 8.33. The molecule has 0 bridgehead atoms. The number of thiazole rings is 1. The SMILES string of the molecule is Cc1sc2nc(Cc3ccc(F)c(C#N)c3)cc(=O)n2c1C1CC1CO. The van der Waals surface area contributed by atoms with Crippen molar-refractivity contribution in [2.45, 2.75) is 25.7 Å². The van der Waals surface area contributed by atoms with Crippen LogP contribution >= 0.6 is 11.3 Å². The summed E-state index contributed by atoms with van der Waals surface area (Å²) in [6, 6.07) is 7.66. The molecule has 132 valence electrons. The van der Waals surface area contributed by atoms with Crippen LogP contribution in [0.25, 0.3) is 4.96 Å². The van der Waals surface area contributed by atoms with Gasteiger partial charge in [-0.15, -0.1) is 11.3 Å².